The Hall–Kier alpha value is -2.46. The molecule has 133 valence electrons. The number of hydrogen-bond donors (Lipinski definition) is 1. The Morgan fingerprint density at radius 2 is 1.65 bits per heavy atom. The monoisotopic (exact) mass is 349 g/mol. The van der Waals surface area contributed by atoms with Crippen molar-refractivity contribution in [1.82, 2.24) is 5.48 Å². The van der Waals surface area contributed by atoms with Crippen LogP contribution in [0, 0.1) is 17.8 Å². The van der Waals surface area contributed by atoms with Gasteiger partial charge in [0.15, 0.2) is 0 Å². The molecule has 1 unspecified atom stereocenters. The third-order valence-electron chi connectivity index (χ3n) is 5.87. The van der Waals surface area contributed by atoms with E-state index in [2.05, 4.69) is 5.48 Å². The fraction of sp³-hybridized carbons (Fsp3) is 0.364. The van der Waals surface area contributed by atoms with Crippen LogP contribution >= 0.6 is 0 Å². The van der Waals surface area contributed by atoms with Gasteiger partial charge in [-0.3, -0.25) is 0 Å². The Labute approximate surface area is 153 Å². The van der Waals surface area contributed by atoms with Crippen LogP contribution in [0.25, 0.3) is 0 Å². The highest BCUT2D eigenvalue weighted by atomic mass is 16.7. The molecule has 0 amide bonds. The second-order valence-corrected chi connectivity index (χ2v) is 7.44. The highest BCUT2D eigenvalue weighted by molar-refractivity contribution is 6.00. The molecule has 2 aromatic rings. The van der Waals surface area contributed by atoms with Crippen LogP contribution in [-0.4, -0.2) is 11.8 Å². The summed E-state index contributed by atoms with van der Waals surface area (Å²) >= 11 is 0. The molecule has 4 atom stereocenters. The lowest BCUT2D eigenvalue weighted by molar-refractivity contribution is 0.0169. The molecule has 4 nitrogen and oxygen atoms in total. The van der Waals surface area contributed by atoms with Crippen molar-refractivity contribution in [3.63, 3.8) is 0 Å². The number of rotatable bonds is 6. The van der Waals surface area contributed by atoms with Gasteiger partial charge in [0.25, 0.3) is 0 Å². The predicted octanol–water partition coefficient (Wildman–Crippen LogP) is 4.34. The first-order valence-corrected chi connectivity index (χ1v) is 9.29. The Balaban J connectivity index is 1.34. The molecular formula is C22H23NO3+. The lowest BCUT2D eigenvalue weighted by Gasteiger charge is -2.29. The zero-order chi connectivity index (χ0) is 18.1. The summed E-state index contributed by atoms with van der Waals surface area (Å²) in [5, 5.41) is 0. The highest BCUT2D eigenvalue weighted by Gasteiger charge is 2.56. The van der Waals surface area contributed by atoms with Gasteiger partial charge in [-0.05, 0) is 67.9 Å². The Bertz CT molecular complexity index is 786. The maximum atomic E-state index is 12.6. The van der Waals surface area contributed by atoms with Crippen LogP contribution in [0.5, 0.6) is 0 Å². The SMILES string of the molecule is C[C@@H](NOC(=O)c1ccc(C(=[O+])C2[C@@H]3CC[C@H]2C3)cc1)c1ccccc1. The van der Waals surface area contributed by atoms with E-state index in [9.17, 15) is 9.59 Å². The third-order valence-corrected chi connectivity index (χ3v) is 5.87. The molecule has 4 heteroatoms. The van der Waals surface area contributed by atoms with E-state index in [1.165, 1.54) is 19.3 Å². The minimum Gasteiger partial charge on any atom is -0.366 e. The number of carbonyl (C=O) groups is 2. The summed E-state index contributed by atoms with van der Waals surface area (Å²) in [6, 6.07) is 16.5. The lowest BCUT2D eigenvalue weighted by atomic mass is 9.69. The van der Waals surface area contributed by atoms with Crippen LogP contribution < -0.4 is 5.48 Å². The molecule has 2 aromatic carbocycles. The highest BCUT2D eigenvalue weighted by Crippen LogP contribution is 2.54. The van der Waals surface area contributed by atoms with Crippen molar-refractivity contribution >= 4 is 11.8 Å². The maximum absolute atomic E-state index is 12.6. The average molecular weight is 349 g/mol. The third kappa shape index (κ3) is 3.17. The summed E-state index contributed by atoms with van der Waals surface area (Å²) in [7, 11) is 0. The standard InChI is InChI=1S/C22H23NO3/c1-14(15-5-3-2-4-6-15)23-26-22(25)17-9-7-16(8-10-17)21(24)20-18-11-12-19(20)13-18/h2-10,14,18-20,23H,11-13H2,1H3/q+1/t14-,18-,19+,20?/m1/s1. The zero-order valence-electron chi connectivity index (χ0n) is 14.9. The van der Waals surface area contributed by atoms with Crippen molar-refractivity contribution in [2.75, 3.05) is 0 Å². The molecule has 3 aliphatic carbocycles. The molecule has 0 aromatic heterocycles. The molecule has 5 rings (SSSR count). The molecule has 0 heterocycles. The topological polar surface area (TPSA) is 58.2 Å². The molecule has 3 aliphatic rings. The summed E-state index contributed by atoms with van der Waals surface area (Å²) in [4.78, 5) is 30.0. The van der Waals surface area contributed by atoms with E-state index in [1.807, 2.05) is 37.3 Å². The van der Waals surface area contributed by atoms with Crippen molar-refractivity contribution in [1.29, 1.82) is 0 Å². The first-order valence-electron chi connectivity index (χ1n) is 9.29. The van der Waals surface area contributed by atoms with E-state index in [1.54, 1.807) is 24.3 Å². The van der Waals surface area contributed by atoms with Gasteiger partial charge in [0.05, 0.1) is 23.1 Å². The molecule has 0 aliphatic heterocycles. The molecule has 3 saturated carbocycles. The number of nitrogens with one attached hydrogen (secondary N) is 1. The molecule has 0 saturated heterocycles. The first-order chi connectivity index (χ1) is 12.6. The number of hydrogen-bond acceptors (Lipinski definition) is 4. The van der Waals surface area contributed by atoms with Gasteiger partial charge < -0.3 is 4.84 Å². The quantitative estimate of drug-likeness (QED) is 0.479. The normalized spacial score (nSPS) is 24.6. The van der Waals surface area contributed by atoms with Crippen LogP contribution in [-0.2, 0) is 4.84 Å². The van der Waals surface area contributed by atoms with Crippen molar-refractivity contribution in [2.45, 2.75) is 32.2 Å². The summed E-state index contributed by atoms with van der Waals surface area (Å²) in [5.41, 5.74) is 4.95. The van der Waals surface area contributed by atoms with Crippen LogP contribution in [0.3, 0.4) is 0 Å². The van der Waals surface area contributed by atoms with Crippen molar-refractivity contribution in [3.05, 3.63) is 71.3 Å². The molecule has 1 radical (unpaired) electrons. The minimum atomic E-state index is -0.449. The number of Topliss-reactive ketones (excluding diaryl/α,β-unsaturated/α-hetero) is 1. The summed E-state index contributed by atoms with van der Waals surface area (Å²) in [6.45, 7) is 1.93. The smallest absolute Gasteiger partial charge is 0.366 e. The van der Waals surface area contributed by atoms with Gasteiger partial charge in [-0.25, -0.2) is 4.79 Å². The largest absolute Gasteiger partial charge is 0.478 e. The van der Waals surface area contributed by atoms with E-state index in [-0.39, 0.29) is 17.7 Å². The summed E-state index contributed by atoms with van der Waals surface area (Å²) in [5.74, 6) is 1.16. The predicted molar refractivity (Wildman–Crippen MR) is 98.5 cm³/mol. The maximum Gasteiger partial charge on any atom is 0.478 e. The van der Waals surface area contributed by atoms with E-state index in [4.69, 9.17) is 4.84 Å². The molecule has 2 bridgehead atoms. The van der Waals surface area contributed by atoms with Gasteiger partial charge in [0, 0.05) is 0 Å². The van der Waals surface area contributed by atoms with Crippen LogP contribution in [0.4, 0.5) is 0 Å². The number of carbonyl (C=O) groups excluding carboxylic acids is 2. The molecule has 1 N–H and O–H groups in total. The summed E-state index contributed by atoms with van der Waals surface area (Å²) < 4.78 is 0. The van der Waals surface area contributed by atoms with Crippen LogP contribution in [0.2, 0.25) is 0 Å². The van der Waals surface area contributed by atoms with Crippen LogP contribution in [0.1, 0.15) is 58.5 Å². The lowest BCUT2D eigenvalue weighted by Crippen LogP contribution is -2.35. The van der Waals surface area contributed by atoms with Gasteiger partial charge in [-0.2, -0.15) is 0 Å². The fourth-order valence-electron chi connectivity index (χ4n) is 4.30. The molecular weight excluding hydrogens is 326 g/mol. The second-order valence-electron chi connectivity index (χ2n) is 7.44. The van der Waals surface area contributed by atoms with Gasteiger partial charge in [-0.1, -0.05) is 30.3 Å². The van der Waals surface area contributed by atoms with Crippen molar-refractivity contribution < 1.29 is 14.4 Å². The van der Waals surface area contributed by atoms with Crippen molar-refractivity contribution in [3.8, 4) is 0 Å². The van der Waals surface area contributed by atoms with E-state index >= 15 is 0 Å². The van der Waals surface area contributed by atoms with E-state index in [0.29, 0.717) is 23.0 Å². The van der Waals surface area contributed by atoms with Gasteiger partial charge in [0.1, 0.15) is 0 Å². The van der Waals surface area contributed by atoms with Crippen molar-refractivity contribution in [2.24, 2.45) is 17.8 Å². The van der Waals surface area contributed by atoms with E-state index < -0.39 is 5.97 Å². The molecule has 0 spiro atoms. The zero-order valence-corrected chi connectivity index (χ0v) is 14.9. The summed E-state index contributed by atoms with van der Waals surface area (Å²) in [6.07, 6.45) is 3.60. The first kappa shape index (κ1) is 17.0. The number of hydroxylamine groups is 1. The number of fused-ring (bicyclic) bond motifs is 1. The molecule has 3 fully saturated rings. The van der Waals surface area contributed by atoms with Gasteiger partial charge >= 0.3 is 11.8 Å². The molecule has 26 heavy (non-hydrogen) atoms. The fourth-order valence-corrected chi connectivity index (χ4v) is 4.30. The average Bonchev–Trinajstić information content (AvgIpc) is 3.32. The second kappa shape index (κ2) is 7.04. The van der Waals surface area contributed by atoms with Gasteiger partial charge in [-0.15, -0.1) is 5.48 Å². The Kier molecular flexibility index (Phi) is 4.60. The Morgan fingerprint density at radius 3 is 2.27 bits per heavy atom. The van der Waals surface area contributed by atoms with E-state index in [0.717, 1.165) is 5.56 Å². The minimum absolute atomic E-state index is 0.102. The number of benzene rings is 2. The Morgan fingerprint density at radius 1 is 1.04 bits per heavy atom. The van der Waals surface area contributed by atoms with Gasteiger partial charge in [0.2, 0.25) is 4.79 Å². The van der Waals surface area contributed by atoms with Crippen LogP contribution in [0.15, 0.2) is 54.6 Å². The number of ketones is 1.